The first kappa shape index (κ1) is 26.2. The third kappa shape index (κ3) is 5.59. The number of pyridine rings is 1. The van der Waals surface area contributed by atoms with Crippen molar-refractivity contribution in [3.05, 3.63) is 75.7 Å². The number of nitrogen functional groups attached to an aromatic ring is 1. The number of aromatic nitrogens is 1. The number of likely N-dealkylation sites (tertiary alicyclic amines) is 1. The molecule has 0 bridgehead atoms. The Kier molecular flexibility index (Phi) is 8.34. The molecule has 3 aromatic rings. The fourth-order valence-electron chi connectivity index (χ4n) is 4.56. The summed E-state index contributed by atoms with van der Waals surface area (Å²) in [4.78, 5) is 19.2. The number of piperidine rings is 1. The number of ether oxygens (including phenoxy) is 1. The van der Waals surface area contributed by atoms with E-state index in [4.69, 9.17) is 33.7 Å². The molecule has 190 valence electrons. The second kappa shape index (κ2) is 11.5. The lowest BCUT2D eigenvalue weighted by Crippen LogP contribution is -2.44. The quantitative estimate of drug-likeness (QED) is 0.349. The first-order valence-corrected chi connectivity index (χ1v) is 12.6. The molecule has 0 aliphatic carbocycles. The van der Waals surface area contributed by atoms with Gasteiger partial charge in [0.15, 0.2) is 11.6 Å². The van der Waals surface area contributed by atoms with E-state index in [0.29, 0.717) is 29.8 Å². The summed E-state index contributed by atoms with van der Waals surface area (Å²) >= 11 is 12.4. The number of amides is 1. The number of hydrogen-bond acceptors (Lipinski definition) is 5. The summed E-state index contributed by atoms with van der Waals surface area (Å²) in [5.41, 5.74) is 8.51. The summed E-state index contributed by atoms with van der Waals surface area (Å²) < 4.78 is 20.0. The van der Waals surface area contributed by atoms with Crippen LogP contribution in [0.15, 0.2) is 48.7 Å². The lowest BCUT2D eigenvalue weighted by atomic mass is 9.98. The Morgan fingerprint density at radius 2 is 1.97 bits per heavy atom. The maximum Gasteiger partial charge on any atom is 0.254 e. The topological polar surface area (TPSA) is 88.7 Å². The molecule has 0 radical (unpaired) electrons. The summed E-state index contributed by atoms with van der Waals surface area (Å²) in [6.07, 6.45) is 4.47. The van der Waals surface area contributed by atoms with Crippen molar-refractivity contribution in [2.45, 2.75) is 44.8 Å². The van der Waals surface area contributed by atoms with E-state index < -0.39 is 11.9 Å². The second-order valence-corrected chi connectivity index (χ2v) is 9.65. The van der Waals surface area contributed by atoms with E-state index in [-0.39, 0.29) is 34.4 Å². The van der Waals surface area contributed by atoms with Gasteiger partial charge in [0.2, 0.25) is 0 Å². The van der Waals surface area contributed by atoms with Crippen LogP contribution in [0.3, 0.4) is 0 Å². The molecule has 1 aliphatic heterocycles. The number of nitrogens with two attached hydrogens (primary N) is 1. The van der Waals surface area contributed by atoms with E-state index in [9.17, 15) is 14.3 Å². The number of anilines is 1. The maximum atomic E-state index is 14.0. The first-order chi connectivity index (χ1) is 17.3. The van der Waals surface area contributed by atoms with Crippen LogP contribution in [-0.4, -0.2) is 40.1 Å². The highest BCUT2D eigenvalue weighted by atomic mass is 35.5. The van der Waals surface area contributed by atoms with Crippen LogP contribution in [0.4, 0.5) is 10.2 Å². The van der Waals surface area contributed by atoms with Gasteiger partial charge >= 0.3 is 0 Å². The van der Waals surface area contributed by atoms with Gasteiger partial charge in [-0.3, -0.25) is 4.79 Å². The average molecular weight is 532 g/mol. The molecule has 1 saturated heterocycles. The van der Waals surface area contributed by atoms with Crippen LogP contribution in [0.2, 0.25) is 10.0 Å². The molecular formula is C27H28Cl2FN3O3. The van der Waals surface area contributed by atoms with Gasteiger partial charge in [-0.1, -0.05) is 35.3 Å². The van der Waals surface area contributed by atoms with E-state index in [1.807, 2.05) is 17.0 Å². The van der Waals surface area contributed by atoms with Crippen LogP contribution in [-0.2, 0) is 0 Å². The molecule has 9 heteroatoms. The lowest BCUT2D eigenvalue weighted by molar-refractivity contribution is 0.0574. The lowest BCUT2D eigenvalue weighted by Gasteiger charge is -2.35. The number of carbonyl (C=O) groups is 1. The van der Waals surface area contributed by atoms with Crippen LogP contribution < -0.4 is 10.5 Å². The molecule has 36 heavy (non-hydrogen) atoms. The van der Waals surface area contributed by atoms with Crippen molar-refractivity contribution in [2.75, 3.05) is 18.9 Å². The molecule has 3 N–H and O–H groups in total. The van der Waals surface area contributed by atoms with Crippen molar-refractivity contribution in [1.82, 2.24) is 9.88 Å². The van der Waals surface area contributed by atoms with Gasteiger partial charge in [-0.25, -0.2) is 9.37 Å². The van der Waals surface area contributed by atoms with Crippen molar-refractivity contribution < 1.29 is 19.0 Å². The predicted molar refractivity (Wildman–Crippen MR) is 140 cm³/mol. The standard InChI is InChI=1S/C27H28Cl2FN3O3/c1-16(24-21(28)9-10-22(30)25(24)29)36-23-14-19(15-32-26(23)31)17-5-7-18(8-6-17)27(35)33-12-3-2-4-20(33)11-13-34/h5-10,14-16,20,34H,2-4,11-13H2,1H3,(H2,31,32). The van der Waals surface area contributed by atoms with Crippen molar-refractivity contribution in [3.8, 4) is 16.9 Å². The molecule has 2 unspecified atom stereocenters. The van der Waals surface area contributed by atoms with Crippen molar-refractivity contribution in [1.29, 1.82) is 0 Å². The number of aliphatic hydroxyl groups excluding tert-OH is 1. The van der Waals surface area contributed by atoms with Gasteiger partial charge in [0.25, 0.3) is 5.91 Å². The molecule has 6 nitrogen and oxygen atoms in total. The minimum atomic E-state index is -0.684. The fourth-order valence-corrected chi connectivity index (χ4v) is 5.24. The van der Waals surface area contributed by atoms with E-state index in [2.05, 4.69) is 4.98 Å². The van der Waals surface area contributed by atoms with Gasteiger partial charge in [0.05, 0.1) is 5.02 Å². The Bertz CT molecular complexity index is 1240. The van der Waals surface area contributed by atoms with Gasteiger partial charge in [-0.2, -0.15) is 0 Å². The summed E-state index contributed by atoms with van der Waals surface area (Å²) in [6.45, 7) is 2.47. The zero-order valence-corrected chi connectivity index (χ0v) is 21.4. The molecule has 2 aromatic carbocycles. The summed E-state index contributed by atoms with van der Waals surface area (Å²) in [6, 6.07) is 11.7. The Hall–Kier alpha value is -2.87. The average Bonchev–Trinajstić information content (AvgIpc) is 2.88. The number of rotatable bonds is 7. The normalized spacial score (nSPS) is 16.6. The third-order valence-electron chi connectivity index (χ3n) is 6.49. The van der Waals surface area contributed by atoms with E-state index >= 15 is 0 Å². The Morgan fingerprint density at radius 3 is 2.69 bits per heavy atom. The zero-order valence-electron chi connectivity index (χ0n) is 19.9. The number of carbonyl (C=O) groups excluding carboxylic acids is 1. The molecule has 2 atom stereocenters. The Morgan fingerprint density at radius 1 is 1.22 bits per heavy atom. The van der Waals surface area contributed by atoms with Gasteiger partial charge in [0, 0.05) is 47.1 Å². The van der Waals surface area contributed by atoms with Crippen molar-refractivity contribution in [3.63, 3.8) is 0 Å². The predicted octanol–water partition coefficient (Wildman–Crippen LogP) is 6.29. The smallest absolute Gasteiger partial charge is 0.254 e. The summed E-state index contributed by atoms with van der Waals surface area (Å²) in [5.74, 6) is -0.150. The summed E-state index contributed by atoms with van der Waals surface area (Å²) in [5, 5.41) is 9.54. The van der Waals surface area contributed by atoms with Gasteiger partial charge in [0.1, 0.15) is 11.9 Å². The molecule has 0 spiro atoms. The largest absolute Gasteiger partial charge is 0.482 e. The number of nitrogens with zero attached hydrogens (tertiary/aromatic N) is 2. The Labute approximate surface area is 219 Å². The fraction of sp³-hybridized carbons (Fsp3) is 0.333. The molecular weight excluding hydrogens is 504 g/mol. The van der Waals surface area contributed by atoms with Gasteiger partial charge in [-0.15, -0.1) is 0 Å². The monoisotopic (exact) mass is 531 g/mol. The number of hydrogen-bond donors (Lipinski definition) is 2. The van der Waals surface area contributed by atoms with Crippen molar-refractivity contribution in [2.24, 2.45) is 0 Å². The molecule has 1 aromatic heterocycles. The van der Waals surface area contributed by atoms with E-state index in [1.54, 1.807) is 31.3 Å². The van der Waals surface area contributed by atoms with Crippen LogP contribution >= 0.6 is 23.2 Å². The molecule has 1 aliphatic rings. The molecule has 4 rings (SSSR count). The molecule has 2 heterocycles. The second-order valence-electron chi connectivity index (χ2n) is 8.86. The SMILES string of the molecule is CC(Oc1cc(-c2ccc(C(=O)N3CCCCC3CCO)cc2)cnc1N)c1c(Cl)ccc(F)c1Cl. The Balaban J connectivity index is 1.54. The first-order valence-electron chi connectivity index (χ1n) is 11.9. The third-order valence-corrected chi connectivity index (χ3v) is 7.20. The van der Waals surface area contributed by atoms with Crippen LogP contribution in [0, 0.1) is 5.82 Å². The maximum absolute atomic E-state index is 14.0. The van der Waals surface area contributed by atoms with Crippen LogP contribution in [0.25, 0.3) is 11.1 Å². The van der Waals surface area contributed by atoms with E-state index in [1.165, 1.54) is 12.1 Å². The van der Waals surface area contributed by atoms with E-state index in [0.717, 1.165) is 30.4 Å². The molecule has 1 fully saturated rings. The summed E-state index contributed by atoms with van der Waals surface area (Å²) in [7, 11) is 0. The minimum absolute atomic E-state index is 0.0307. The van der Waals surface area contributed by atoms with Crippen LogP contribution in [0.1, 0.15) is 54.6 Å². The highest BCUT2D eigenvalue weighted by Crippen LogP contribution is 2.37. The number of benzene rings is 2. The minimum Gasteiger partial charge on any atom is -0.482 e. The highest BCUT2D eigenvalue weighted by Gasteiger charge is 2.27. The highest BCUT2D eigenvalue weighted by molar-refractivity contribution is 6.36. The molecule has 0 saturated carbocycles. The van der Waals surface area contributed by atoms with Crippen molar-refractivity contribution >= 4 is 34.9 Å². The molecule has 1 amide bonds. The number of halogens is 3. The van der Waals surface area contributed by atoms with Gasteiger partial charge in [-0.05, 0) is 68.5 Å². The van der Waals surface area contributed by atoms with Gasteiger partial charge < -0.3 is 20.5 Å². The zero-order chi connectivity index (χ0) is 25.8. The number of aliphatic hydroxyl groups is 1. The van der Waals surface area contributed by atoms with Crippen LogP contribution in [0.5, 0.6) is 5.75 Å².